The van der Waals surface area contributed by atoms with Crippen LogP contribution >= 0.6 is 0 Å². The molecule has 11 nitrogen and oxygen atoms in total. The average molecular weight is 570 g/mol. The van der Waals surface area contributed by atoms with Crippen LogP contribution in [-0.4, -0.2) is 73.7 Å². The van der Waals surface area contributed by atoms with Gasteiger partial charge in [0, 0.05) is 19.0 Å². The molecule has 0 saturated carbocycles. The number of hydrogen-bond acceptors (Lipinski definition) is 6. The Balaban J connectivity index is 2.35. The molecule has 2 aliphatic heterocycles. The van der Waals surface area contributed by atoms with Crippen molar-refractivity contribution in [2.75, 3.05) is 13.1 Å². The maximum absolute atomic E-state index is 13.5. The van der Waals surface area contributed by atoms with Crippen molar-refractivity contribution in [3.63, 3.8) is 0 Å². The zero-order valence-corrected chi connectivity index (χ0v) is 23.0. The SMILES string of the molecule is CC(C)[C@H](NS(=O)(=O)C(F)(F)F)C(=O)N1CC[C@@H](C(C)(C)C)C[C@H]1C(=O)N[C@@H](C[C@@H]1CCNC1=O)C(N)=O. The van der Waals surface area contributed by atoms with Gasteiger partial charge in [-0.2, -0.15) is 17.9 Å². The van der Waals surface area contributed by atoms with Gasteiger partial charge < -0.3 is 21.3 Å². The van der Waals surface area contributed by atoms with Crippen molar-refractivity contribution in [2.24, 2.45) is 28.9 Å². The molecule has 2 heterocycles. The first-order valence-corrected chi connectivity index (χ1v) is 14.0. The van der Waals surface area contributed by atoms with Crippen molar-refractivity contribution in [1.82, 2.24) is 20.3 Å². The van der Waals surface area contributed by atoms with Crippen molar-refractivity contribution < 1.29 is 40.8 Å². The van der Waals surface area contributed by atoms with Crippen LogP contribution in [0.2, 0.25) is 0 Å². The standard InChI is InChI=1S/C23H38F3N5O6S/c1-12(2)17(30-38(36,37)23(24,25)26)21(35)31-9-7-14(22(3,4)5)11-16(31)20(34)29-15(18(27)32)10-13-6-8-28-19(13)33/h12-17,30H,6-11H2,1-5H3,(H2,27,32)(H,28,33)(H,29,34)/t13-,14+,15-,16-,17-/m0/s1. The summed E-state index contributed by atoms with van der Waals surface area (Å²) in [5, 5.41) is 5.16. The van der Waals surface area contributed by atoms with Gasteiger partial charge in [0.1, 0.15) is 18.1 Å². The molecule has 2 rings (SSSR count). The molecule has 38 heavy (non-hydrogen) atoms. The molecule has 0 aromatic carbocycles. The van der Waals surface area contributed by atoms with Gasteiger partial charge in [0.2, 0.25) is 23.6 Å². The minimum absolute atomic E-state index is 0.0118. The van der Waals surface area contributed by atoms with E-state index in [1.54, 1.807) is 0 Å². The van der Waals surface area contributed by atoms with Gasteiger partial charge in [-0.1, -0.05) is 34.6 Å². The van der Waals surface area contributed by atoms with Gasteiger partial charge in [0.05, 0.1) is 0 Å². The van der Waals surface area contributed by atoms with Gasteiger partial charge in [0.25, 0.3) is 0 Å². The minimum Gasteiger partial charge on any atom is -0.368 e. The molecule has 0 aromatic heterocycles. The fourth-order valence-electron chi connectivity index (χ4n) is 4.82. The van der Waals surface area contributed by atoms with Crippen LogP contribution in [0.15, 0.2) is 0 Å². The molecule has 2 aliphatic rings. The molecule has 0 bridgehead atoms. The van der Waals surface area contributed by atoms with Gasteiger partial charge in [-0.25, -0.2) is 8.42 Å². The Bertz CT molecular complexity index is 1030. The second-order valence-corrected chi connectivity index (χ2v) is 13.1. The van der Waals surface area contributed by atoms with Crippen LogP contribution in [0.4, 0.5) is 13.2 Å². The summed E-state index contributed by atoms with van der Waals surface area (Å²) >= 11 is 0. The van der Waals surface area contributed by atoms with E-state index in [0.29, 0.717) is 19.4 Å². The van der Waals surface area contributed by atoms with Crippen LogP contribution in [-0.2, 0) is 29.2 Å². The number of rotatable bonds is 9. The molecular weight excluding hydrogens is 531 g/mol. The Hall–Kier alpha value is -2.42. The van der Waals surface area contributed by atoms with E-state index in [0.717, 1.165) is 4.90 Å². The van der Waals surface area contributed by atoms with E-state index >= 15 is 0 Å². The Morgan fingerprint density at radius 2 is 1.76 bits per heavy atom. The predicted octanol–water partition coefficient (Wildman–Crippen LogP) is 0.600. The van der Waals surface area contributed by atoms with E-state index in [1.807, 2.05) is 20.8 Å². The fourth-order valence-corrected chi connectivity index (χ4v) is 5.66. The number of primary amides is 1. The summed E-state index contributed by atoms with van der Waals surface area (Å²) in [6.45, 7) is 9.02. The molecule has 4 amide bonds. The van der Waals surface area contributed by atoms with Crippen LogP contribution in [0.5, 0.6) is 0 Å². The summed E-state index contributed by atoms with van der Waals surface area (Å²) in [5.74, 6) is -4.37. The van der Waals surface area contributed by atoms with Crippen molar-refractivity contribution in [3.8, 4) is 0 Å². The maximum Gasteiger partial charge on any atom is 0.511 e. The molecule has 0 radical (unpaired) electrons. The van der Waals surface area contributed by atoms with Crippen molar-refractivity contribution in [3.05, 3.63) is 0 Å². The Kier molecular flexibility index (Phi) is 9.84. The third kappa shape index (κ3) is 7.58. The molecule has 5 atom stereocenters. The first kappa shape index (κ1) is 31.8. The highest BCUT2D eigenvalue weighted by atomic mass is 32.2. The van der Waals surface area contributed by atoms with Gasteiger partial charge in [0.15, 0.2) is 0 Å². The van der Waals surface area contributed by atoms with Crippen LogP contribution < -0.4 is 21.1 Å². The van der Waals surface area contributed by atoms with E-state index < -0.39 is 63.2 Å². The smallest absolute Gasteiger partial charge is 0.368 e. The predicted molar refractivity (Wildman–Crippen MR) is 131 cm³/mol. The number of halogens is 3. The molecule has 15 heteroatoms. The summed E-state index contributed by atoms with van der Waals surface area (Å²) in [5.41, 5.74) is -0.433. The van der Waals surface area contributed by atoms with Crippen LogP contribution in [0, 0.1) is 23.2 Å². The quantitative estimate of drug-likeness (QED) is 0.317. The number of piperidine rings is 1. The number of hydrogen-bond donors (Lipinski definition) is 4. The first-order chi connectivity index (χ1) is 17.3. The summed E-state index contributed by atoms with van der Waals surface area (Å²) in [6, 6.07) is -4.19. The maximum atomic E-state index is 13.5. The van der Waals surface area contributed by atoms with E-state index in [2.05, 4.69) is 10.6 Å². The van der Waals surface area contributed by atoms with Crippen LogP contribution in [0.25, 0.3) is 0 Å². The number of likely N-dealkylation sites (tertiary alicyclic amines) is 1. The van der Waals surface area contributed by atoms with Crippen molar-refractivity contribution in [2.45, 2.75) is 83.9 Å². The Morgan fingerprint density at radius 3 is 2.21 bits per heavy atom. The molecule has 0 unspecified atom stereocenters. The summed E-state index contributed by atoms with van der Waals surface area (Å²) in [4.78, 5) is 52.1. The van der Waals surface area contributed by atoms with E-state index in [9.17, 15) is 40.8 Å². The third-order valence-electron chi connectivity index (χ3n) is 7.28. The molecule has 2 saturated heterocycles. The van der Waals surface area contributed by atoms with Gasteiger partial charge in [-0.15, -0.1) is 0 Å². The van der Waals surface area contributed by atoms with Crippen LogP contribution in [0.1, 0.15) is 60.3 Å². The number of carbonyl (C=O) groups is 4. The number of amides is 4. The van der Waals surface area contributed by atoms with Gasteiger partial charge >= 0.3 is 15.5 Å². The molecule has 218 valence electrons. The second kappa shape index (κ2) is 11.8. The highest BCUT2D eigenvalue weighted by Crippen LogP contribution is 2.37. The highest BCUT2D eigenvalue weighted by Gasteiger charge is 2.50. The zero-order valence-electron chi connectivity index (χ0n) is 22.2. The van der Waals surface area contributed by atoms with E-state index in [-0.39, 0.29) is 36.6 Å². The second-order valence-electron chi connectivity index (χ2n) is 11.4. The van der Waals surface area contributed by atoms with E-state index in [4.69, 9.17) is 5.73 Å². The highest BCUT2D eigenvalue weighted by molar-refractivity contribution is 7.90. The zero-order chi connectivity index (χ0) is 29.2. The molecular formula is C23H38F3N5O6S. The molecule has 2 fully saturated rings. The van der Waals surface area contributed by atoms with Gasteiger partial charge in [-0.05, 0) is 42.9 Å². The van der Waals surface area contributed by atoms with Gasteiger partial charge in [-0.3, -0.25) is 19.2 Å². The molecule has 0 aliphatic carbocycles. The number of sulfonamides is 1. The number of carbonyl (C=O) groups excluding carboxylic acids is 4. The Morgan fingerprint density at radius 1 is 1.16 bits per heavy atom. The normalized spacial score (nSPS) is 24.6. The topological polar surface area (TPSA) is 168 Å². The lowest BCUT2D eigenvalue weighted by Gasteiger charge is -2.44. The fraction of sp³-hybridized carbons (Fsp3) is 0.826. The number of nitrogens with zero attached hydrogens (tertiary/aromatic N) is 1. The number of nitrogens with two attached hydrogens (primary N) is 1. The number of nitrogens with one attached hydrogen (secondary N) is 3. The lowest BCUT2D eigenvalue weighted by molar-refractivity contribution is -0.147. The molecule has 0 aromatic rings. The molecule has 5 N–H and O–H groups in total. The lowest BCUT2D eigenvalue weighted by atomic mass is 9.73. The van der Waals surface area contributed by atoms with Crippen molar-refractivity contribution in [1.29, 1.82) is 0 Å². The lowest BCUT2D eigenvalue weighted by Crippen LogP contribution is -2.62. The monoisotopic (exact) mass is 569 g/mol. The third-order valence-corrected chi connectivity index (χ3v) is 8.45. The minimum atomic E-state index is -5.84. The Labute approximate surface area is 220 Å². The molecule has 0 spiro atoms. The number of alkyl halides is 3. The summed E-state index contributed by atoms with van der Waals surface area (Å²) < 4.78 is 64.2. The first-order valence-electron chi connectivity index (χ1n) is 12.5. The summed E-state index contributed by atoms with van der Waals surface area (Å²) in [6.07, 6.45) is 0.967. The van der Waals surface area contributed by atoms with Crippen molar-refractivity contribution >= 4 is 33.7 Å². The summed E-state index contributed by atoms with van der Waals surface area (Å²) in [7, 11) is -5.84. The average Bonchev–Trinajstić information content (AvgIpc) is 3.18. The van der Waals surface area contributed by atoms with E-state index in [1.165, 1.54) is 18.6 Å². The largest absolute Gasteiger partial charge is 0.511 e. The van der Waals surface area contributed by atoms with Crippen LogP contribution in [0.3, 0.4) is 0 Å².